The Morgan fingerprint density at radius 3 is 2.21 bits per heavy atom. The van der Waals surface area contributed by atoms with Crippen molar-refractivity contribution in [2.75, 3.05) is 18.5 Å². The number of benzene rings is 2. The van der Waals surface area contributed by atoms with Crippen molar-refractivity contribution >= 4 is 52.4 Å². The molecule has 0 unspecified atom stereocenters. The van der Waals surface area contributed by atoms with Crippen LogP contribution in [0.25, 0.3) is 0 Å². The molecule has 0 heterocycles. The molecule has 0 aliphatic heterocycles. The van der Waals surface area contributed by atoms with E-state index in [-0.39, 0.29) is 22.3 Å². The van der Waals surface area contributed by atoms with Gasteiger partial charge in [-0.05, 0) is 24.3 Å². The standard InChI is InChI=1S/C16H12Cl3NO4/c17-10-6-12(18)16(13(19)7-10)20-14(21)8-24-15(22)9-23-11-4-2-1-3-5-11/h1-7H,8-9H2,(H,20,21). The highest BCUT2D eigenvalue weighted by atomic mass is 35.5. The third kappa shape index (κ3) is 5.60. The Bertz CT molecular complexity index is 714. The summed E-state index contributed by atoms with van der Waals surface area (Å²) in [5.74, 6) is -0.741. The van der Waals surface area contributed by atoms with Gasteiger partial charge in [0.25, 0.3) is 5.91 Å². The van der Waals surface area contributed by atoms with Gasteiger partial charge in [-0.1, -0.05) is 53.0 Å². The maximum Gasteiger partial charge on any atom is 0.344 e. The van der Waals surface area contributed by atoms with Crippen molar-refractivity contribution in [2.24, 2.45) is 0 Å². The van der Waals surface area contributed by atoms with Crippen LogP contribution >= 0.6 is 34.8 Å². The van der Waals surface area contributed by atoms with Crippen molar-refractivity contribution in [2.45, 2.75) is 0 Å². The Balaban J connectivity index is 1.80. The van der Waals surface area contributed by atoms with Gasteiger partial charge in [0.05, 0.1) is 15.7 Å². The molecule has 0 aliphatic carbocycles. The normalized spacial score (nSPS) is 10.1. The van der Waals surface area contributed by atoms with Crippen molar-refractivity contribution in [3.63, 3.8) is 0 Å². The maximum atomic E-state index is 11.8. The molecule has 0 aliphatic rings. The molecule has 24 heavy (non-hydrogen) atoms. The van der Waals surface area contributed by atoms with E-state index in [2.05, 4.69) is 5.32 Å². The summed E-state index contributed by atoms with van der Waals surface area (Å²) in [6.45, 7) is -0.800. The number of esters is 1. The molecule has 0 atom stereocenters. The average molecular weight is 389 g/mol. The molecular formula is C16H12Cl3NO4. The van der Waals surface area contributed by atoms with Crippen LogP contribution in [0, 0.1) is 0 Å². The van der Waals surface area contributed by atoms with Gasteiger partial charge in [-0.25, -0.2) is 4.79 Å². The largest absolute Gasteiger partial charge is 0.482 e. The van der Waals surface area contributed by atoms with Crippen LogP contribution in [0.4, 0.5) is 5.69 Å². The molecule has 0 fully saturated rings. The van der Waals surface area contributed by atoms with Crippen LogP contribution in [0.3, 0.4) is 0 Å². The molecule has 2 aromatic carbocycles. The number of hydrogen-bond donors (Lipinski definition) is 1. The molecule has 8 heteroatoms. The number of halogens is 3. The van der Waals surface area contributed by atoms with Gasteiger partial charge in [0.1, 0.15) is 5.75 Å². The van der Waals surface area contributed by atoms with Gasteiger partial charge in [0.2, 0.25) is 0 Å². The Kier molecular flexibility index (Phi) is 6.73. The molecular weight excluding hydrogens is 377 g/mol. The van der Waals surface area contributed by atoms with Crippen LogP contribution in [0.2, 0.25) is 15.1 Å². The Hall–Kier alpha value is -1.95. The number of anilines is 1. The number of para-hydroxylation sites is 1. The number of hydrogen-bond acceptors (Lipinski definition) is 4. The maximum absolute atomic E-state index is 11.8. The molecule has 0 aromatic heterocycles. The van der Waals surface area contributed by atoms with E-state index in [4.69, 9.17) is 44.3 Å². The topological polar surface area (TPSA) is 64.6 Å². The number of nitrogens with one attached hydrogen (secondary N) is 1. The first-order chi connectivity index (χ1) is 11.5. The lowest BCUT2D eigenvalue weighted by Crippen LogP contribution is -2.23. The zero-order valence-corrected chi connectivity index (χ0v) is 14.5. The Labute approximate surface area is 153 Å². The lowest BCUT2D eigenvalue weighted by Gasteiger charge is -2.10. The number of amides is 1. The fraction of sp³-hybridized carbons (Fsp3) is 0.125. The molecule has 0 spiro atoms. The average Bonchev–Trinajstić information content (AvgIpc) is 2.55. The molecule has 126 valence electrons. The smallest absolute Gasteiger partial charge is 0.344 e. The van der Waals surface area contributed by atoms with E-state index < -0.39 is 18.5 Å². The van der Waals surface area contributed by atoms with E-state index >= 15 is 0 Å². The van der Waals surface area contributed by atoms with Crippen LogP contribution in [0.15, 0.2) is 42.5 Å². The van der Waals surface area contributed by atoms with Crippen LogP contribution in [-0.4, -0.2) is 25.1 Å². The number of carbonyl (C=O) groups is 2. The summed E-state index contributed by atoms with van der Waals surface area (Å²) in [6, 6.07) is 11.6. The van der Waals surface area contributed by atoms with Crippen molar-refractivity contribution < 1.29 is 19.1 Å². The third-order valence-electron chi connectivity index (χ3n) is 2.74. The monoisotopic (exact) mass is 387 g/mol. The van der Waals surface area contributed by atoms with E-state index in [0.29, 0.717) is 10.8 Å². The van der Waals surface area contributed by atoms with Crippen molar-refractivity contribution in [3.05, 3.63) is 57.5 Å². The first-order valence-electron chi connectivity index (χ1n) is 6.73. The van der Waals surface area contributed by atoms with Gasteiger partial charge in [0.15, 0.2) is 13.2 Å². The van der Waals surface area contributed by atoms with Crippen LogP contribution in [0.5, 0.6) is 5.75 Å². The van der Waals surface area contributed by atoms with Crippen LogP contribution in [-0.2, 0) is 14.3 Å². The molecule has 2 aromatic rings. The van der Waals surface area contributed by atoms with Gasteiger partial charge in [0, 0.05) is 5.02 Å². The third-order valence-corrected chi connectivity index (χ3v) is 3.55. The highest BCUT2D eigenvalue weighted by Crippen LogP contribution is 2.33. The zero-order valence-electron chi connectivity index (χ0n) is 12.2. The number of carbonyl (C=O) groups excluding carboxylic acids is 2. The molecule has 0 saturated heterocycles. The lowest BCUT2D eigenvalue weighted by atomic mass is 10.3. The first-order valence-corrected chi connectivity index (χ1v) is 7.87. The minimum atomic E-state index is -0.678. The van der Waals surface area contributed by atoms with E-state index in [0.717, 1.165) is 0 Å². The minimum absolute atomic E-state index is 0.180. The van der Waals surface area contributed by atoms with E-state index in [9.17, 15) is 9.59 Å². The summed E-state index contributed by atoms with van der Waals surface area (Å²) < 4.78 is 10.0. The predicted octanol–water partition coefficient (Wildman–Crippen LogP) is 4.21. The summed E-state index contributed by atoms with van der Waals surface area (Å²) >= 11 is 17.7. The second-order valence-electron chi connectivity index (χ2n) is 4.56. The van der Waals surface area contributed by atoms with Gasteiger partial charge >= 0.3 is 5.97 Å². The lowest BCUT2D eigenvalue weighted by molar-refractivity contribution is -0.149. The van der Waals surface area contributed by atoms with E-state index in [1.54, 1.807) is 24.3 Å². The molecule has 0 bridgehead atoms. The number of ether oxygens (including phenoxy) is 2. The first kappa shape index (κ1) is 18.4. The van der Waals surface area contributed by atoms with Crippen molar-refractivity contribution in [3.8, 4) is 5.75 Å². The molecule has 0 radical (unpaired) electrons. The second-order valence-corrected chi connectivity index (χ2v) is 5.81. The molecule has 2 rings (SSSR count). The summed E-state index contributed by atoms with van der Waals surface area (Å²) in [5, 5.41) is 3.16. The van der Waals surface area contributed by atoms with E-state index in [1.807, 2.05) is 6.07 Å². The molecule has 5 nitrogen and oxygen atoms in total. The zero-order chi connectivity index (χ0) is 17.5. The van der Waals surface area contributed by atoms with E-state index in [1.165, 1.54) is 12.1 Å². The van der Waals surface area contributed by atoms with Gasteiger partial charge in [-0.2, -0.15) is 0 Å². The summed E-state index contributed by atoms with van der Waals surface area (Å²) in [6.07, 6.45) is 0. The van der Waals surface area contributed by atoms with Gasteiger partial charge < -0.3 is 14.8 Å². The van der Waals surface area contributed by atoms with Crippen molar-refractivity contribution in [1.29, 1.82) is 0 Å². The highest BCUT2D eigenvalue weighted by molar-refractivity contribution is 6.42. The van der Waals surface area contributed by atoms with Gasteiger partial charge in [-0.15, -0.1) is 0 Å². The molecule has 1 N–H and O–H groups in total. The summed E-state index contributed by atoms with van der Waals surface area (Å²) in [4.78, 5) is 23.4. The Morgan fingerprint density at radius 1 is 0.958 bits per heavy atom. The SMILES string of the molecule is O=C(COC(=O)COc1ccccc1)Nc1c(Cl)cc(Cl)cc1Cl. The summed E-state index contributed by atoms with van der Waals surface area (Å²) in [5.41, 5.74) is 0.198. The summed E-state index contributed by atoms with van der Waals surface area (Å²) in [7, 11) is 0. The van der Waals surface area contributed by atoms with Gasteiger partial charge in [-0.3, -0.25) is 4.79 Å². The molecule has 0 saturated carbocycles. The second kappa shape index (κ2) is 8.78. The van der Waals surface area contributed by atoms with Crippen LogP contribution < -0.4 is 10.1 Å². The van der Waals surface area contributed by atoms with Crippen molar-refractivity contribution in [1.82, 2.24) is 0 Å². The predicted molar refractivity (Wildman–Crippen MR) is 93.0 cm³/mol. The fourth-order valence-electron chi connectivity index (χ4n) is 1.68. The quantitative estimate of drug-likeness (QED) is 0.753. The Morgan fingerprint density at radius 2 is 1.58 bits per heavy atom. The minimum Gasteiger partial charge on any atom is -0.482 e. The fourth-order valence-corrected chi connectivity index (χ4v) is 2.60. The van der Waals surface area contributed by atoms with Crippen LogP contribution in [0.1, 0.15) is 0 Å². The molecule has 1 amide bonds. The highest BCUT2D eigenvalue weighted by Gasteiger charge is 2.13. The number of rotatable bonds is 6.